The Hall–Kier alpha value is -0.850. The summed E-state index contributed by atoms with van der Waals surface area (Å²) in [4.78, 5) is 0.870. The first-order valence-electron chi connectivity index (χ1n) is 4.12. The molecule has 1 fully saturated rings. The van der Waals surface area contributed by atoms with Crippen LogP contribution in [-0.4, -0.2) is 6.54 Å². The summed E-state index contributed by atoms with van der Waals surface area (Å²) in [7, 11) is 0. The maximum absolute atomic E-state index is 8.80. The minimum atomic E-state index is 0.436. The van der Waals surface area contributed by atoms with Crippen molar-refractivity contribution in [3.05, 3.63) is 21.9 Å². The number of nitriles is 1. The lowest BCUT2D eigenvalue weighted by atomic mass is 10.1. The van der Waals surface area contributed by atoms with Crippen molar-refractivity contribution in [3.8, 4) is 6.07 Å². The van der Waals surface area contributed by atoms with E-state index in [1.165, 1.54) is 29.7 Å². The van der Waals surface area contributed by atoms with Gasteiger partial charge in [-0.1, -0.05) is 0 Å². The van der Waals surface area contributed by atoms with Crippen LogP contribution < -0.4 is 5.32 Å². The Labute approximate surface area is 75.8 Å². The number of rotatable bonds is 1. The minimum absolute atomic E-state index is 0.436. The molecule has 3 heteroatoms. The molecule has 1 atom stereocenters. The van der Waals surface area contributed by atoms with Crippen molar-refractivity contribution in [2.24, 2.45) is 0 Å². The van der Waals surface area contributed by atoms with Gasteiger partial charge in [0.2, 0.25) is 0 Å². The molecule has 0 spiro atoms. The van der Waals surface area contributed by atoms with E-state index in [0.717, 1.165) is 11.4 Å². The van der Waals surface area contributed by atoms with Crippen LogP contribution in [0.4, 0.5) is 0 Å². The van der Waals surface area contributed by atoms with Gasteiger partial charge in [0, 0.05) is 6.04 Å². The van der Waals surface area contributed by atoms with E-state index in [-0.39, 0.29) is 0 Å². The highest BCUT2D eigenvalue weighted by Gasteiger charge is 2.19. The summed E-state index contributed by atoms with van der Waals surface area (Å²) in [5.74, 6) is 0. The van der Waals surface area contributed by atoms with Crippen molar-refractivity contribution in [3.63, 3.8) is 0 Å². The van der Waals surface area contributed by atoms with Crippen LogP contribution >= 0.6 is 11.3 Å². The molecule has 12 heavy (non-hydrogen) atoms. The van der Waals surface area contributed by atoms with Crippen LogP contribution in [0.25, 0.3) is 0 Å². The Morgan fingerprint density at radius 2 is 2.58 bits per heavy atom. The quantitative estimate of drug-likeness (QED) is 0.714. The van der Waals surface area contributed by atoms with Crippen LogP contribution in [0, 0.1) is 11.3 Å². The van der Waals surface area contributed by atoms with Gasteiger partial charge in [0.25, 0.3) is 0 Å². The fourth-order valence-electron chi connectivity index (χ4n) is 1.63. The first-order chi connectivity index (χ1) is 5.92. The number of hydrogen-bond donors (Lipinski definition) is 1. The molecule has 1 unspecified atom stereocenters. The van der Waals surface area contributed by atoms with Crippen LogP contribution in [0.15, 0.2) is 11.4 Å². The molecule has 1 aliphatic rings. The SMILES string of the molecule is N#Cc1sccc1C1CCCN1. The Balaban J connectivity index is 2.27. The van der Waals surface area contributed by atoms with Gasteiger partial charge >= 0.3 is 0 Å². The van der Waals surface area contributed by atoms with Gasteiger partial charge < -0.3 is 5.32 Å². The van der Waals surface area contributed by atoms with E-state index in [2.05, 4.69) is 17.5 Å². The molecule has 0 radical (unpaired) electrons. The summed E-state index contributed by atoms with van der Waals surface area (Å²) in [6.45, 7) is 1.09. The predicted octanol–water partition coefficient (Wildman–Crippen LogP) is 2.04. The third-order valence-electron chi connectivity index (χ3n) is 2.23. The highest BCUT2D eigenvalue weighted by molar-refractivity contribution is 7.10. The van der Waals surface area contributed by atoms with Gasteiger partial charge in [0.05, 0.1) is 0 Å². The minimum Gasteiger partial charge on any atom is -0.310 e. The first-order valence-corrected chi connectivity index (χ1v) is 5.00. The van der Waals surface area contributed by atoms with Crippen molar-refractivity contribution in [1.82, 2.24) is 5.32 Å². The zero-order valence-electron chi connectivity index (χ0n) is 6.71. The molecule has 2 rings (SSSR count). The Morgan fingerprint density at radius 1 is 1.67 bits per heavy atom. The van der Waals surface area contributed by atoms with Crippen LogP contribution in [-0.2, 0) is 0 Å². The number of hydrogen-bond acceptors (Lipinski definition) is 3. The monoisotopic (exact) mass is 178 g/mol. The van der Waals surface area contributed by atoms with Gasteiger partial charge in [0.1, 0.15) is 10.9 Å². The molecular weight excluding hydrogens is 168 g/mol. The molecule has 0 saturated carbocycles. The second-order valence-electron chi connectivity index (χ2n) is 2.97. The fourth-order valence-corrected chi connectivity index (χ4v) is 2.38. The van der Waals surface area contributed by atoms with Crippen molar-refractivity contribution >= 4 is 11.3 Å². The van der Waals surface area contributed by atoms with Crippen LogP contribution in [0.5, 0.6) is 0 Å². The van der Waals surface area contributed by atoms with E-state index < -0.39 is 0 Å². The predicted molar refractivity (Wildman–Crippen MR) is 49.0 cm³/mol. The van der Waals surface area contributed by atoms with Gasteiger partial charge in [0.15, 0.2) is 0 Å². The smallest absolute Gasteiger partial charge is 0.110 e. The summed E-state index contributed by atoms with van der Waals surface area (Å²) in [5.41, 5.74) is 1.19. The Bertz CT molecular complexity index is 305. The van der Waals surface area contributed by atoms with E-state index in [0.29, 0.717) is 6.04 Å². The number of nitrogens with one attached hydrogen (secondary N) is 1. The molecule has 2 heterocycles. The van der Waals surface area contributed by atoms with E-state index in [1.807, 2.05) is 5.38 Å². The number of nitrogens with zero attached hydrogens (tertiary/aromatic N) is 1. The lowest BCUT2D eigenvalue weighted by Gasteiger charge is -2.07. The van der Waals surface area contributed by atoms with Gasteiger partial charge in [-0.25, -0.2) is 0 Å². The zero-order chi connectivity index (χ0) is 8.39. The molecule has 1 aliphatic heterocycles. The molecule has 0 bridgehead atoms. The highest BCUT2D eigenvalue weighted by atomic mass is 32.1. The average Bonchev–Trinajstić information content (AvgIpc) is 2.74. The van der Waals surface area contributed by atoms with E-state index in [9.17, 15) is 0 Å². The second kappa shape index (κ2) is 3.26. The molecule has 0 aromatic carbocycles. The molecule has 1 aromatic heterocycles. The van der Waals surface area contributed by atoms with E-state index in [1.54, 1.807) is 0 Å². The van der Waals surface area contributed by atoms with Gasteiger partial charge in [-0.2, -0.15) is 5.26 Å². The van der Waals surface area contributed by atoms with E-state index in [4.69, 9.17) is 5.26 Å². The molecule has 0 amide bonds. The standard InChI is InChI=1S/C9H10N2S/c10-6-9-7(3-5-12-9)8-2-1-4-11-8/h3,5,8,11H,1-2,4H2. The maximum Gasteiger partial charge on any atom is 0.110 e. The van der Waals surface area contributed by atoms with Crippen molar-refractivity contribution in [1.29, 1.82) is 5.26 Å². The van der Waals surface area contributed by atoms with Gasteiger partial charge in [-0.05, 0) is 36.4 Å². The molecule has 0 aliphatic carbocycles. The Kier molecular flexibility index (Phi) is 2.11. The zero-order valence-corrected chi connectivity index (χ0v) is 7.53. The normalized spacial score (nSPS) is 22.4. The van der Waals surface area contributed by atoms with Gasteiger partial charge in [-0.15, -0.1) is 11.3 Å². The van der Waals surface area contributed by atoms with Gasteiger partial charge in [-0.3, -0.25) is 0 Å². The maximum atomic E-state index is 8.80. The second-order valence-corrected chi connectivity index (χ2v) is 3.88. The molecule has 1 saturated heterocycles. The van der Waals surface area contributed by atoms with Crippen molar-refractivity contribution < 1.29 is 0 Å². The van der Waals surface area contributed by atoms with Crippen LogP contribution in [0.1, 0.15) is 29.3 Å². The topological polar surface area (TPSA) is 35.8 Å². The summed E-state index contributed by atoms with van der Waals surface area (Å²) in [5, 5.41) is 14.2. The summed E-state index contributed by atoms with van der Waals surface area (Å²) in [6.07, 6.45) is 2.40. The fraction of sp³-hybridized carbons (Fsp3) is 0.444. The largest absolute Gasteiger partial charge is 0.310 e. The summed E-state index contributed by atoms with van der Waals surface area (Å²) in [6, 6.07) is 4.73. The Morgan fingerprint density at radius 3 is 3.25 bits per heavy atom. The lowest BCUT2D eigenvalue weighted by molar-refractivity contribution is 0.649. The van der Waals surface area contributed by atoms with Crippen LogP contribution in [0.3, 0.4) is 0 Å². The lowest BCUT2D eigenvalue weighted by Crippen LogP contribution is -2.12. The molecule has 2 nitrogen and oxygen atoms in total. The molecular formula is C9H10N2S. The third kappa shape index (κ3) is 1.24. The summed E-state index contributed by atoms with van der Waals surface area (Å²) >= 11 is 1.54. The highest BCUT2D eigenvalue weighted by Crippen LogP contribution is 2.28. The molecule has 62 valence electrons. The van der Waals surface area contributed by atoms with Crippen LogP contribution in [0.2, 0.25) is 0 Å². The average molecular weight is 178 g/mol. The van der Waals surface area contributed by atoms with Crippen molar-refractivity contribution in [2.75, 3.05) is 6.54 Å². The van der Waals surface area contributed by atoms with Crippen molar-refractivity contribution in [2.45, 2.75) is 18.9 Å². The molecule has 1 N–H and O–H groups in total. The summed E-state index contributed by atoms with van der Waals surface area (Å²) < 4.78 is 0. The van der Waals surface area contributed by atoms with E-state index >= 15 is 0 Å². The molecule has 1 aromatic rings. The first kappa shape index (κ1) is 7.78. The number of thiophene rings is 1. The third-order valence-corrected chi connectivity index (χ3v) is 3.07.